The third kappa shape index (κ3) is 3.72. The molecule has 2 nitrogen and oxygen atoms in total. The number of hydrogen-bond acceptors (Lipinski definition) is 3. The number of ketones is 1. The lowest BCUT2D eigenvalue weighted by atomic mass is 9.83. The summed E-state index contributed by atoms with van der Waals surface area (Å²) in [5, 5.41) is 0. The first-order chi connectivity index (χ1) is 8.31. The third-order valence-corrected chi connectivity index (χ3v) is 4.90. The van der Waals surface area contributed by atoms with E-state index in [1.165, 1.54) is 50.8 Å². The maximum Gasteiger partial charge on any atom is 0.136 e. The molecule has 2 rings (SSSR count). The third-order valence-electron chi connectivity index (χ3n) is 4.20. The fourth-order valence-corrected chi connectivity index (χ4v) is 3.84. The zero-order chi connectivity index (χ0) is 12.1. The minimum atomic E-state index is 0.512. The van der Waals surface area contributed by atoms with Crippen LogP contribution >= 0.6 is 11.8 Å². The first-order valence-electron chi connectivity index (χ1n) is 7.07. The fraction of sp³-hybridized carbons (Fsp3) is 0.929. The van der Waals surface area contributed by atoms with E-state index in [1.807, 2.05) is 11.8 Å². The van der Waals surface area contributed by atoms with Gasteiger partial charge in [0.15, 0.2) is 0 Å². The van der Waals surface area contributed by atoms with Crippen LogP contribution < -0.4 is 0 Å². The van der Waals surface area contributed by atoms with Crippen LogP contribution in [0.1, 0.15) is 51.4 Å². The molecule has 0 radical (unpaired) electrons. The van der Waals surface area contributed by atoms with Crippen LogP contribution in [0.2, 0.25) is 0 Å². The van der Waals surface area contributed by atoms with Crippen molar-refractivity contribution in [3.8, 4) is 0 Å². The van der Waals surface area contributed by atoms with E-state index in [9.17, 15) is 4.79 Å². The van der Waals surface area contributed by atoms with Crippen molar-refractivity contribution in [1.82, 2.24) is 4.90 Å². The summed E-state index contributed by atoms with van der Waals surface area (Å²) in [6.45, 7) is 1.23. The number of thioether (sulfide) groups is 1. The van der Waals surface area contributed by atoms with Crippen molar-refractivity contribution >= 4 is 17.5 Å². The Labute approximate surface area is 110 Å². The van der Waals surface area contributed by atoms with Crippen LogP contribution in [0, 0.1) is 0 Å². The summed E-state index contributed by atoms with van der Waals surface area (Å²) in [7, 11) is 0. The van der Waals surface area contributed by atoms with Gasteiger partial charge in [-0.3, -0.25) is 9.69 Å². The summed E-state index contributed by atoms with van der Waals surface area (Å²) in [5.41, 5.74) is 0. The first kappa shape index (κ1) is 13.4. The van der Waals surface area contributed by atoms with Crippen molar-refractivity contribution in [2.75, 3.05) is 18.6 Å². The molecule has 0 aromatic carbocycles. The van der Waals surface area contributed by atoms with Gasteiger partial charge in [-0.1, -0.05) is 12.8 Å². The van der Waals surface area contributed by atoms with Gasteiger partial charge in [-0.2, -0.15) is 11.8 Å². The smallest absolute Gasteiger partial charge is 0.136 e. The van der Waals surface area contributed by atoms with Gasteiger partial charge in [-0.15, -0.1) is 0 Å². The molecular formula is C14H25NOS. The van der Waals surface area contributed by atoms with Gasteiger partial charge in [0, 0.05) is 24.9 Å². The molecule has 0 saturated carbocycles. The van der Waals surface area contributed by atoms with E-state index in [0.717, 1.165) is 12.8 Å². The van der Waals surface area contributed by atoms with Gasteiger partial charge in [0.1, 0.15) is 5.78 Å². The average Bonchev–Trinajstić information content (AvgIpc) is 2.29. The number of rotatable bonds is 6. The molecule has 17 heavy (non-hydrogen) atoms. The minimum Gasteiger partial charge on any atom is -0.300 e. The molecule has 2 heterocycles. The van der Waals surface area contributed by atoms with Gasteiger partial charge in [0.05, 0.1) is 0 Å². The highest BCUT2D eigenvalue weighted by Crippen LogP contribution is 2.32. The maximum atomic E-state index is 11.6. The van der Waals surface area contributed by atoms with Gasteiger partial charge in [0.25, 0.3) is 0 Å². The molecule has 0 aromatic rings. The lowest BCUT2D eigenvalue weighted by Gasteiger charge is -2.45. The number of carbonyl (C=O) groups is 1. The molecule has 2 atom stereocenters. The Balaban J connectivity index is 1.74. The minimum absolute atomic E-state index is 0.512. The zero-order valence-electron chi connectivity index (χ0n) is 11.0. The van der Waals surface area contributed by atoms with Crippen molar-refractivity contribution in [2.24, 2.45) is 0 Å². The Kier molecular flexibility index (Phi) is 5.36. The number of hydrogen-bond donors (Lipinski definition) is 0. The van der Waals surface area contributed by atoms with Crippen LogP contribution in [-0.4, -0.2) is 41.3 Å². The quantitative estimate of drug-likeness (QED) is 0.680. The van der Waals surface area contributed by atoms with Crippen LogP contribution in [0.3, 0.4) is 0 Å². The fourth-order valence-electron chi connectivity index (χ4n) is 3.35. The molecule has 2 bridgehead atoms. The van der Waals surface area contributed by atoms with Crippen LogP contribution in [-0.2, 0) is 4.79 Å². The zero-order valence-corrected chi connectivity index (χ0v) is 11.8. The second-order valence-electron chi connectivity index (χ2n) is 5.48. The number of piperidine rings is 2. The molecule has 2 fully saturated rings. The predicted molar refractivity (Wildman–Crippen MR) is 74.6 cm³/mol. The molecule has 0 aromatic heterocycles. The Hall–Kier alpha value is -0.0200. The molecule has 98 valence electrons. The standard InChI is InChI=1S/C14H25NOS/c1-17-9-4-2-3-8-15-12-6-5-7-13(15)11-14(16)10-12/h12-13H,2-11H2,1H3. The van der Waals surface area contributed by atoms with E-state index in [1.54, 1.807) is 0 Å². The van der Waals surface area contributed by atoms with E-state index >= 15 is 0 Å². The van der Waals surface area contributed by atoms with Gasteiger partial charge in [0.2, 0.25) is 0 Å². The highest BCUT2D eigenvalue weighted by molar-refractivity contribution is 7.98. The molecule has 2 saturated heterocycles. The Morgan fingerprint density at radius 3 is 2.53 bits per heavy atom. The Morgan fingerprint density at radius 2 is 1.88 bits per heavy atom. The molecule has 0 aliphatic carbocycles. The van der Waals surface area contributed by atoms with Crippen molar-refractivity contribution in [3.05, 3.63) is 0 Å². The summed E-state index contributed by atoms with van der Waals surface area (Å²) in [6, 6.07) is 1.19. The monoisotopic (exact) mass is 255 g/mol. The molecular weight excluding hydrogens is 230 g/mol. The number of Topliss-reactive ketones (excluding diaryl/α,β-unsaturated/α-hetero) is 1. The van der Waals surface area contributed by atoms with E-state index in [4.69, 9.17) is 0 Å². The summed E-state index contributed by atoms with van der Waals surface area (Å²) in [4.78, 5) is 14.3. The van der Waals surface area contributed by atoms with Crippen molar-refractivity contribution in [3.63, 3.8) is 0 Å². The lowest BCUT2D eigenvalue weighted by Crippen LogP contribution is -2.52. The number of fused-ring (bicyclic) bond motifs is 2. The molecule has 2 unspecified atom stereocenters. The summed E-state index contributed by atoms with van der Waals surface area (Å²) < 4.78 is 0. The number of nitrogens with zero attached hydrogens (tertiary/aromatic N) is 1. The number of carbonyl (C=O) groups excluding carboxylic acids is 1. The van der Waals surface area contributed by atoms with Crippen molar-refractivity contribution < 1.29 is 4.79 Å². The lowest BCUT2D eigenvalue weighted by molar-refractivity contribution is -0.127. The second kappa shape index (κ2) is 6.79. The summed E-state index contributed by atoms with van der Waals surface area (Å²) in [6.07, 6.45) is 11.7. The molecule has 3 heteroatoms. The Morgan fingerprint density at radius 1 is 1.18 bits per heavy atom. The van der Waals surface area contributed by atoms with Crippen molar-refractivity contribution in [2.45, 2.75) is 63.5 Å². The molecule has 0 N–H and O–H groups in total. The molecule has 2 aliphatic heterocycles. The molecule has 2 aliphatic rings. The van der Waals surface area contributed by atoms with Crippen molar-refractivity contribution in [1.29, 1.82) is 0 Å². The highest BCUT2D eigenvalue weighted by Gasteiger charge is 2.36. The number of unbranched alkanes of at least 4 members (excludes halogenated alkanes) is 2. The van der Waals surface area contributed by atoms with Crippen LogP contribution in [0.4, 0.5) is 0 Å². The highest BCUT2D eigenvalue weighted by atomic mass is 32.2. The van der Waals surface area contributed by atoms with E-state index in [2.05, 4.69) is 11.2 Å². The van der Waals surface area contributed by atoms with E-state index in [0.29, 0.717) is 17.9 Å². The average molecular weight is 255 g/mol. The molecule has 0 spiro atoms. The van der Waals surface area contributed by atoms with Gasteiger partial charge in [-0.05, 0) is 44.2 Å². The first-order valence-corrected chi connectivity index (χ1v) is 8.47. The maximum absolute atomic E-state index is 11.6. The van der Waals surface area contributed by atoms with E-state index in [-0.39, 0.29) is 0 Å². The summed E-state index contributed by atoms with van der Waals surface area (Å²) in [5.74, 6) is 1.81. The normalized spacial score (nSPS) is 29.6. The van der Waals surface area contributed by atoms with Crippen LogP contribution in [0.25, 0.3) is 0 Å². The largest absolute Gasteiger partial charge is 0.300 e. The topological polar surface area (TPSA) is 20.3 Å². The second-order valence-corrected chi connectivity index (χ2v) is 6.46. The predicted octanol–water partition coefficient (Wildman–Crippen LogP) is 3.11. The van der Waals surface area contributed by atoms with Crippen LogP contribution in [0.5, 0.6) is 0 Å². The van der Waals surface area contributed by atoms with E-state index < -0.39 is 0 Å². The van der Waals surface area contributed by atoms with Gasteiger partial charge >= 0.3 is 0 Å². The van der Waals surface area contributed by atoms with Gasteiger partial charge < -0.3 is 0 Å². The summed E-state index contributed by atoms with van der Waals surface area (Å²) >= 11 is 1.95. The van der Waals surface area contributed by atoms with Gasteiger partial charge in [-0.25, -0.2) is 0 Å². The SMILES string of the molecule is CSCCCCCN1C2CCCC1CC(=O)C2. The van der Waals surface area contributed by atoms with Crippen LogP contribution in [0.15, 0.2) is 0 Å². The molecule has 0 amide bonds. The Bertz CT molecular complexity index is 241.